The number of thiophene rings is 1. The highest BCUT2D eigenvalue weighted by molar-refractivity contribution is 7.09. The highest BCUT2D eigenvalue weighted by atomic mass is 32.1. The SMILES string of the molecule is Cc1ccc(C(=O)N(CCc2ccccc2)Cc2cccs2)cc1[N+](=O)[O-]. The van der Waals surface area contributed by atoms with Crippen LogP contribution in [0, 0.1) is 17.0 Å². The van der Waals surface area contributed by atoms with Crippen LogP contribution in [-0.4, -0.2) is 22.3 Å². The molecule has 0 aliphatic carbocycles. The third-order valence-corrected chi connectivity index (χ3v) is 5.24. The van der Waals surface area contributed by atoms with Gasteiger partial charge in [-0.2, -0.15) is 0 Å². The van der Waals surface area contributed by atoms with Crippen molar-refractivity contribution in [2.45, 2.75) is 19.9 Å². The number of nitro groups is 1. The zero-order valence-electron chi connectivity index (χ0n) is 15.0. The number of hydrogen-bond acceptors (Lipinski definition) is 4. The first-order chi connectivity index (χ1) is 13.0. The van der Waals surface area contributed by atoms with Crippen LogP contribution in [0.1, 0.15) is 26.4 Å². The van der Waals surface area contributed by atoms with Crippen molar-refractivity contribution in [2.24, 2.45) is 0 Å². The first-order valence-corrected chi connectivity index (χ1v) is 9.53. The molecule has 2 aromatic carbocycles. The predicted molar refractivity (Wildman–Crippen MR) is 107 cm³/mol. The van der Waals surface area contributed by atoms with Gasteiger partial charge < -0.3 is 4.90 Å². The van der Waals surface area contributed by atoms with E-state index in [1.54, 1.807) is 35.3 Å². The minimum atomic E-state index is -0.445. The standard InChI is InChI=1S/C21H20N2O3S/c1-16-9-10-18(14-20(16)23(25)26)21(24)22(15-19-8-5-13-27-19)12-11-17-6-3-2-4-7-17/h2-10,13-14H,11-12,15H2,1H3. The molecule has 0 aliphatic rings. The van der Waals surface area contributed by atoms with Gasteiger partial charge in [-0.25, -0.2) is 0 Å². The van der Waals surface area contributed by atoms with Gasteiger partial charge in [0, 0.05) is 28.6 Å². The fourth-order valence-corrected chi connectivity index (χ4v) is 3.59. The van der Waals surface area contributed by atoms with Crippen LogP contribution in [0.4, 0.5) is 5.69 Å². The summed E-state index contributed by atoms with van der Waals surface area (Å²) < 4.78 is 0. The first-order valence-electron chi connectivity index (χ1n) is 8.65. The van der Waals surface area contributed by atoms with Crippen molar-refractivity contribution in [1.82, 2.24) is 4.90 Å². The van der Waals surface area contributed by atoms with Crippen LogP contribution in [0.2, 0.25) is 0 Å². The molecule has 1 amide bonds. The number of hydrogen-bond donors (Lipinski definition) is 0. The van der Waals surface area contributed by atoms with Gasteiger partial charge in [-0.05, 0) is 36.4 Å². The Morgan fingerprint density at radius 1 is 1.11 bits per heavy atom. The summed E-state index contributed by atoms with van der Waals surface area (Å²) in [6.45, 7) is 2.71. The molecule has 6 heteroatoms. The van der Waals surface area contributed by atoms with E-state index in [0.717, 1.165) is 16.9 Å². The molecule has 1 aromatic heterocycles. The monoisotopic (exact) mass is 380 g/mol. The molecule has 0 radical (unpaired) electrons. The van der Waals surface area contributed by atoms with Crippen LogP contribution in [0.15, 0.2) is 66.0 Å². The van der Waals surface area contributed by atoms with Gasteiger partial charge in [-0.1, -0.05) is 42.5 Å². The molecule has 0 saturated carbocycles. The van der Waals surface area contributed by atoms with Gasteiger partial charge in [-0.15, -0.1) is 11.3 Å². The average Bonchev–Trinajstić information content (AvgIpc) is 3.18. The molecule has 0 spiro atoms. The smallest absolute Gasteiger partial charge is 0.273 e. The second kappa shape index (κ2) is 8.60. The number of rotatable bonds is 7. The van der Waals surface area contributed by atoms with E-state index in [1.165, 1.54) is 6.07 Å². The second-order valence-corrected chi connectivity index (χ2v) is 7.33. The van der Waals surface area contributed by atoms with Gasteiger partial charge in [-0.3, -0.25) is 14.9 Å². The van der Waals surface area contributed by atoms with Crippen molar-refractivity contribution in [3.05, 3.63) is 97.7 Å². The summed E-state index contributed by atoms with van der Waals surface area (Å²) >= 11 is 1.59. The average molecular weight is 380 g/mol. The number of benzene rings is 2. The van der Waals surface area contributed by atoms with Gasteiger partial charge >= 0.3 is 0 Å². The normalized spacial score (nSPS) is 10.6. The lowest BCUT2D eigenvalue weighted by atomic mass is 10.1. The Hall–Kier alpha value is -2.99. The van der Waals surface area contributed by atoms with Gasteiger partial charge in [0.2, 0.25) is 0 Å². The second-order valence-electron chi connectivity index (χ2n) is 6.30. The highest BCUT2D eigenvalue weighted by Gasteiger charge is 2.20. The van der Waals surface area contributed by atoms with Crippen LogP contribution in [0.3, 0.4) is 0 Å². The molecule has 0 aliphatic heterocycles. The molecule has 0 saturated heterocycles. The Labute approximate surface area is 162 Å². The van der Waals surface area contributed by atoms with Crippen LogP contribution in [0.25, 0.3) is 0 Å². The van der Waals surface area contributed by atoms with E-state index in [0.29, 0.717) is 24.2 Å². The molecule has 0 fully saturated rings. The third-order valence-electron chi connectivity index (χ3n) is 4.38. The van der Waals surface area contributed by atoms with E-state index in [1.807, 2.05) is 47.8 Å². The van der Waals surface area contributed by atoms with E-state index >= 15 is 0 Å². The van der Waals surface area contributed by atoms with E-state index in [4.69, 9.17) is 0 Å². The largest absolute Gasteiger partial charge is 0.333 e. The summed E-state index contributed by atoms with van der Waals surface area (Å²) in [5.74, 6) is -0.192. The zero-order chi connectivity index (χ0) is 19.2. The molecule has 1 heterocycles. The van der Waals surface area contributed by atoms with Crippen LogP contribution in [-0.2, 0) is 13.0 Å². The van der Waals surface area contributed by atoms with Gasteiger partial charge in [0.05, 0.1) is 11.5 Å². The number of nitrogens with zero attached hydrogens (tertiary/aromatic N) is 2. The summed E-state index contributed by atoms with van der Waals surface area (Å²) in [4.78, 5) is 26.7. The maximum absolute atomic E-state index is 13.1. The lowest BCUT2D eigenvalue weighted by Crippen LogP contribution is -2.32. The molecule has 0 N–H and O–H groups in total. The molecular weight excluding hydrogens is 360 g/mol. The first kappa shape index (κ1) is 18.8. The summed E-state index contributed by atoms with van der Waals surface area (Å²) in [5, 5.41) is 13.2. The van der Waals surface area contributed by atoms with Crippen molar-refractivity contribution in [2.75, 3.05) is 6.54 Å². The fourth-order valence-electron chi connectivity index (χ4n) is 2.87. The number of amides is 1. The molecule has 0 unspecified atom stereocenters. The minimum absolute atomic E-state index is 0.0278. The van der Waals surface area contributed by atoms with Gasteiger partial charge in [0.25, 0.3) is 11.6 Å². The van der Waals surface area contributed by atoms with Crippen molar-refractivity contribution >= 4 is 22.9 Å². The summed E-state index contributed by atoms with van der Waals surface area (Å²) in [6, 6.07) is 18.6. The van der Waals surface area contributed by atoms with Crippen molar-refractivity contribution in [1.29, 1.82) is 0 Å². The van der Waals surface area contributed by atoms with Crippen LogP contribution in [0.5, 0.6) is 0 Å². The molecule has 3 rings (SSSR count). The Kier molecular flexibility index (Phi) is 5.98. The highest BCUT2D eigenvalue weighted by Crippen LogP contribution is 2.22. The topological polar surface area (TPSA) is 63.5 Å². The summed E-state index contributed by atoms with van der Waals surface area (Å²) in [5.41, 5.74) is 2.01. The quantitative estimate of drug-likeness (QED) is 0.435. The minimum Gasteiger partial charge on any atom is -0.333 e. The Bertz CT molecular complexity index is 924. The van der Waals surface area contributed by atoms with Crippen LogP contribution < -0.4 is 0 Å². The fraction of sp³-hybridized carbons (Fsp3) is 0.190. The zero-order valence-corrected chi connectivity index (χ0v) is 15.8. The lowest BCUT2D eigenvalue weighted by Gasteiger charge is -2.22. The van der Waals surface area contributed by atoms with E-state index in [2.05, 4.69) is 0 Å². The number of aryl methyl sites for hydroxylation is 1. The molecule has 3 aromatic rings. The molecular formula is C21H20N2O3S. The predicted octanol–water partition coefficient (Wildman–Crippen LogP) is 4.85. The van der Waals surface area contributed by atoms with E-state index in [-0.39, 0.29) is 11.6 Å². The van der Waals surface area contributed by atoms with Gasteiger partial charge in [0.15, 0.2) is 0 Å². The van der Waals surface area contributed by atoms with E-state index in [9.17, 15) is 14.9 Å². The summed E-state index contributed by atoms with van der Waals surface area (Å²) in [7, 11) is 0. The maximum atomic E-state index is 13.1. The number of carbonyl (C=O) groups is 1. The number of carbonyl (C=O) groups excluding carboxylic acids is 1. The molecule has 5 nitrogen and oxygen atoms in total. The lowest BCUT2D eigenvalue weighted by molar-refractivity contribution is -0.385. The Balaban J connectivity index is 1.83. The molecule has 138 valence electrons. The van der Waals surface area contributed by atoms with Gasteiger partial charge in [0.1, 0.15) is 0 Å². The summed E-state index contributed by atoms with van der Waals surface area (Å²) in [6.07, 6.45) is 0.728. The van der Waals surface area contributed by atoms with Crippen LogP contribution >= 0.6 is 11.3 Å². The van der Waals surface area contributed by atoms with E-state index < -0.39 is 4.92 Å². The van der Waals surface area contributed by atoms with Crippen molar-refractivity contribution in [3.63, 3.8) is 0 Å². The molecule has 27 heavy (non-hydrogen) atoms. The van der Waals surface area contributed by atoms with Crippen molar-refractivity contribution in [3.8, 4) is 0 Å². The molecule has 0 atom stereocenters. The number of nitro benzene ring substituents is 1. The van der Waals surface area contributed by atoms with Crippen molar-refractivity contribution < 1.29 is 9.72 Å². The Morgan fingerprint density at radius 3 is 2.56 bits per heavy atom. The molecule has 0 bridgehead atoms. The maximum Gasteiger partial charge on any atom is 0.273 e. The third kappa shape index (κ3) is 4.80. The Morgan fingerprint density at radius 2 is 1.89 bits per heavy atom.